The summed E-state index contributed by atoms with van der Waals surface area (Å²) < 4.78 is 7.92. The third-order valence-corrected chi connectivity index (χ3v) is 4.51. The van der Waals surface area contributed by atoms with E-state index in [1.54, 1.807) is 18.8 Å². The molecule has 1 aliphatic rings. The molecule has 0 amide bonds. The first-order valence-corrected chi connectivity index (χ1v) is 7.18. The maximum atomic E-state index is 10.7. The van der Waals surface area contributed by atoms with Crippen molar-refractivity contribution in [2.45, 2.75) is 50.2 Å². The molecule has 1 unspecified atom stereocenters. The Hall–Kier alpha value is -0.460. The third kappa shape index (κ3) is 2.46. The third-order valence-electron chi connectivity index (χ3n) is 3.94. The van der Waals surface area contributed by atoms with Crippen molar-refractivity contribution in [3.63, 3.8) is 0 Å². The van der Waals surface area contributed by atoms with E-state index in [0.717, 1.165) is 25.7 Å². The largest absolute Gasteiger partial charge is 0.384 e. The molecule has 1 aliphatic carbocycles. The number of aromatic nitrogens is 3. The van der Waals surface area contributed by atoms with Crippen molar-refractivity contribution in [1.82, 2.24) is 15.0 Å². The lowest BCUT2D eigenvalue weighted by Gasteiger charge is -2.36. The fourth-order valence-electron chi connectivity index (χ4n) is 2.79. The van der Waals surface area contributed by atoms with Crippen LogP contribution >= 0.6 is 15.9 Å². The van der Waals surface area contributed by atoms with Crippen LogP contribution in [-0.4, -0.2) is 32.8 Å². The molecule has 1 aromatic heterocycles. The van der Waals surface area contributed by atoms with Gasteiger partial charge in [0.1, 0.15) is 11.8 Å². The normalized spacial score (nSPS) is 21.6. The number of aryl methyl sites for hydroxylation is 1. The summed E-state index contributed by atoms with van der Waals surface area (Å²) in [5.74, 6) is 0. The maximum absolute atomic E-state index is 10.7. The van der Waals surface area contributed by atoms with E-state index in [-0.39, 0.29) is 0 Å². The molecular weight excluding hydrogens is 298 g/mol. The molecule has 0 bridgehead atoms. The minimum absolute atomic E-state index is 0.505. The Balaban J connectivity index is 2.31. The van der Waals surface area contributed by atoms with Crippen molar-refractivity contribution >= 4 is 15.9 Å². The van der Waals surface area contributed by atoms with Gasteiger partial charge in [-0.05, 0) is 28.8 Å². The van der Waals surface area contributed by atoms with Crippen molar-refractivity contribution in [2.24, 2.45) is 7.05 Å². The van der Waals surface area contributed by atoms with E-state index in [0.29, 0.717) is 10.3 Å². The Morgan fingerprint density at radius 3 is 2.39 bits per heavy atom. The van der Waals surface area contributed by atoms with E-state index >= 15 is 0 Å². The Morgan fingerprint density at radius 2 is 1.94 bits per heavy atom. The fraction of sp³-hybridized carbons (Fsp3) is 0.833. The number of aliphatic hydroxyl groups excluding tert-OH is 1. The molecule has 2 rings (SSSR count). The van der Waals surface area contributed by atoms with Gasteiger partial charge in [-0.1, -0.05) is 30.9 Å². The van der Waals surface area contributed by atoms with Gasteiger partial charge in [-0.3, -0.25) is 0 Å². The van der Waals surface area contributed by atoms with E-state index in [1.807, 2.05) is 0 Å². The summed E-state index contributed by atoms with van der Waals surface area (Å²) in [7, 11) is 3.47. The van der Waals surface area contributed by atoms with Crippen LogP contribution in [0, 0.1) is 0 Å². The molecule has 1 atom stereocenters. The van der Waals surface area contributed by atoms with Crippen LogP contribution in [-0.2, 0) is 11.8 Å². The van der Waals surface area contributed by atoms with Crippen LogP contribution < -0.4 is 0 Å². The lowest BCUT2D eigenvalue weighted by molar-refractivity contribution is -0.117. The molecule has 0 spiro atoms. The number of rotatable bonds is 3. The van der Waals surface area contributed by atoms with Gasteiger partial charge in [0.2, 0.25) is 0 Å². The van der Waals surface area contributed by atoms with E-state index in [1.165, 1.54) is 12.8 Å². The van der Waals surface area contributed by atoms with E-state index in [9.17, 15) is 5.11 Å². The monoisotopic (exact) mass is 317 g/mol. The summed E-state index contributed by atoms with van der Waals surface area (Å²) in [6.45, 7) is 0. The minimum atomic E-state index is -0.699. The number of hydrogen-bond donors (Lipinski definition) is 1. The predicted octanol–water partition coefficient (Wildman–Crippen LogP) is 2.35. The summed E-state index contributed by atoms with van der Waals surface area (Å²) in [6, 6.07) is 0. The molecule has 1 fully saturated rings. The Morgan fingerprint density at radius 1 is 1.33 bits per heavy atom. The quantitative estimate of drug-likeness (QED) is 0.869. The minimum Gasteiger partial charge on any atom is -0.384 e. The fourth-order valence-corrected chi connectivity index (χ4v) is 3.34. The average molecular weight is 318 g/mol. The van der Waals surface area contributed by atoms with Gasteiger partial charge in [0.15, 0.2) is 4.60 Å². The van der Waals surface area contributed by atoms with E-state index < -0.39 is 11.7 Å². The molecule has 18 heavy (non-hydrogen) atoms. The summed E-state index contributed by atoms with van der Waals surface area (Å²) in [4.78, 5) is 0. The van der Waals surface area contributed by atoms with Crippen molar-refractivity contribution in [2.75, 3.05) is 7.11 Å². The maximum Gasteiger partial charge on any atom is 0.154 e. The zero-order valence-electron chi connectivity index (χ0n) is 10.9. The summed E-state index contributed by atoms with van der Waals surface area (Å²) >= 11 is 3.35. The van der Waals surface area contributed by atoms with Crippen LogP contribution in [0.5, 0.6) is 0 Å². The highest BCUT2D eigenvalue weighted by atomic mass is 79.9. The Bertz CT molecular complexity index is 381. The number of methoxy groups -OCH3 is 1. The van der Waals surface area contributed by atoms with Crippen LogP contribution in [0.25, 0.3) is 0 Å². The van der Waals surface area contributed by atoms with Gasteiger partial charge >= 0.3 is 0 Å². The van der Waals surface area contributed by atoms with E-state index in [4.69, 9.17) is 4.74 Å². The van der Waals surface area contributed by atoms with Gasteiger partial charge in [0, 0.05) is 14.2 Å². The average Bonchev–Trinajstić information content (AvgIpc) is 2.59. The standard InChI is InChI=1S/C12H20BrN3O2/c1-16-9(11(13)14-15-16)10(17)12(18-2)7-5-3-4-6-8-12/h10,17H,3-8H2,1-2H3. The van der Waals surface area contributed by atoms with Crippen molar-refractivity contribution in [1.29, 1.82) is 0 Å². The van der Waals surface area contributed by atoms with Gasteiger partial charge in [-0.2, -0.15) is 0 Å². The second-order valence-electron chi connectivity index (χ2n) is 4.97. The molecule has 0 saturated heterocycles. The highest BCUT2D eigenvalue weighted by Gasteiger charge is 2.41. The lowest BCUT2D eigenvalue weighted by Crippen LogP contribution is -2.39. The Labute approximate surface area is 116 Å². The summed E-state index contributed by atoms with van der Waals surface area (Å²) in [5, 5.41) is 18.6. The van der Waals surface area contributed by atoms with Gasteiger partial charge in [-0.25, -0.2) is 4.68 Å². The first kappa shape index (κ1) is 14.0. The second kappa shape index (κ2) is 5.67. The molecule has 1 saturated carbocycles. The zero-order chi connectivity index (χ0) is 13.2. The van der Waals surface area contributed by atoms with Gasteiger partial charge in [0.05, 0.1) is 5.60 Å². The highest BCUT2D eigenvalue weighted by Crippen LogP contribution is 2.41. The second-order valence-corrected chi connectivity index (χ2v) is 5.73. The van der Waals surface area contributed by atoms with Crippen LogP contribution in [0.1, 0.15) is 50.3 Å². The number of halogens is 1. The molecule has 0 radical (unpaired) electrons. The van der Waals surface area contributed by atoms with Crippen molar-refractivity contribution in [3.05, 3.63) is 10.3 Å². The summed E-state index contributed by atoms with van der Waals surface area (Å²) in [6.07, 6.45) is 5.66. The van der Waals surface area contributed by atoms with Crippen LogP contribution in [0.2, 0.25) is 0 Å². The van der Waals surface area contributed by atoms with Crippen LogP contribution in [0.3, 0.4) is 0 Å². The van der Waals surface area contributed by atoms with Gasteiger partial charge in [-0.15, -0.1) is 5.10 Å². The van der Waals surface area contributed by atoms with Gasteiger partial charge < -0.3 is 9.84 Å². The van der Waals surface area contributed by atoms with Crippen molar-refractivity contribution < 1.29 is 9.84 Å². The van der Waals surface area contributed by atoms with E-state index in [2.05, 4.69) is 26.2 Å². The number of aliphatic hydroxyl groups is 1. The zero-order valence-corrected chi connectivity index (χ0v) is 12.5. The number of nitrogens with zero attached hydrogens (tertiary/aromatic N) is 3. The molecule has 102 valence electrons. The highest BCUT2D eigenvalue weighted by molar-refractivity contribution is 9.10. The lowest BCUT2D eigenvalue weighted by atomic mass is 9.86. The number of ether oxygens (including phenoxy) is 1. The SMILES string of the molecule is COC1(C(O)c2c(Br)nnn2C)CCCCCC1. The van der Waals surface area contributed by atoms with Crippen molar-refractivity contribution in [3.8, 4) is 0 Å². The molecule has 1 N–H and O–H groups in total. The first-order chi connectivity index (χ1) is 8.60. The Kier molecular flexibility index (Phi) is 4.40. The van der Waals surface area contributed by atoms with Crippen LogP contribution in [0.15, 0.2) is 4.60 Å². The van der Waals surface area contributed by atoms with Gasteiger partial charge in [0.25, 0.3) is 0 Å². The molecule has 0 aliphatic heterocycles. The van der Waals surface area contributed by atoms with Crippen LogP contribution in [0.4, 0.5) is 0 Å². The predicted molar refractivity (Wildman–Crippen MR) is 71.1 cm³/mol. The molecular formula is C12H20BrN3O2. The molecule has 0 aromatic carbocycles. The molecule has 5 nitrogen and oxygen atoms in total. The molecule has 6 heteroatoms. The smallest absolute Gasteiger partial charge is 0.154 e. The first-order valence-electron chi connectivity index (χ1n) is 6.39. The number of hydrogen-bond acceptors (Lipinski definition) is 4. The topological polar surface area (TPSA) is 60.2 Å². The summed E-state index contributed by atoms with van der Waals surface area (Å²) in [5.41, 5.74) is 0.188. The molecule has 1 aromatic rings. The molecule has 1 heterocycles.